The van der Waals surface area contributed by atoms with Crippen molar-refractivity contribution in [1.82, 2.24) is 20.9 Å². The Balaban J connectivity index is 0.00000361. The molecule has 3 N–H and O–H groups in total. The number of halogens is 1. The fourth-order valence-electron chi connectivity index (χ4n) is 1.52. The van der Waals surface area contributed by atoms with Crippen LogP contribution in [0.15, 0.2) is 29.4 Å². The molecule has 0 aliphatic rings. The molecule has 0 aliphatic carbocycles. The highest BCUT2D eigenvalue weighted by molar-refractivity contribution is 14.0. The molecule has 6 heteroatoms. The number of nitrogens with one attached hydrogen (secondary N) is 3. The third-order valence-corrected chi connectivity index (χ3v) is 2.46. The highest BCUT2D eigenvalue weighted by Gasteiger charge is 2.07. The summed E-state index contributed by atoms with van der Waals surface area (Å²) in [5.41, 5.74) is 1.14. The number of hydrogen-bond acceptors (Lipinski definition) is 3. The predicted octanol–water partition coefficient (Wildman–Crippen LogP) is 1.75. The van der Waals surface area contributed by atoms with Crippen molar-refractivity contribution in [3.8, 4) is 0 Å². The van der Waals surface area contributed by atoms with Crippen molar-refractivity contribution in [2.75, 3.05) is 20.1 Å². The number of guanidine groups is 1. The first-order valence-electron chi connectivity index (χ1n) is 6.61. The molecule has 0 radical (unpaired) electrons. The van der Waals surface area contributed by atoms with Crippen LogP contribution >= 0.6 is 24.0 Å². The van der Waals surface area contributed by atoms with Crippen molar-refractivity contribution in [3.63, 3.8) is 0 Å². The zero-order valence-electron chi connectivity index (χ0n) is 12.7. The van der Waals surface area contributed by atoms with E-state index in [0.29, 0.717) is 6.54 Å². The van der Waals surface area contributed by atoms with Crippen LogP contribution < -0.4 is 16.0 Å². The molecule has 1 rings (SSSR count). The Kier molecular flexibility index (Phi) is 9.49. The van der Waals surface area contributed by atoms with Gasteiger partial charge >= 0.3 is 0 Å². The normalized spacial score (nSPS) is 11.7. The molecule has 0 fully saturated rings. The van der Waals surface area contributed by atoms with Crippen molar-refractivity contribution in [2.45, 2.75) is 32.9 Å². The highest BCUT2D eigenvalue weighted by Crippen LogP contribution is 1.96. The number of pyridine rings is 1. The van der Waals surface area contributed by atoms with Gasteiger partial charge in [0, 0.05) is 31.9 Å². The molecular formula is C14H26IN5. The smallest absolute Gasteiger partial charge is 0.191 e. The molecule has 1 aromatic rings. The lowest BCUT2D eigenvalue weighted by molar-refractivity contribution is 0.428. The Bertz CT molecular complexity index is 386. The van der Waals surface area contributed by atoms with E-state index in [9.17, 15) is 0 Å². The molecule has 1 aromatic heterocycles. The average Bonchev–Trinajstić information content (AvgIpc) is 2.38. The van der Waals surface area contributed by atoms with Crippen LogP contribution in [-0.4, -0.2) is 36.6 Å². The Hall–Kier alpha value is -0.890. The average molecular weight is 391 g/mol. The van der Waals surface area contributed by atoms with Gasteiger partial charge in [-0.2, -0.15) is 0 Å². The Morgan fingerprint density at radius 2 is 1.95 bits per heavy atom. The summed E-state index contributed by atoms with van der Waals surface area (Å²) in [4.78, 5) is 8.43. The second kappa shape index (κ2) is 9.93. The minimum Gasteiger partial charge on any atom is -0.355 e. The summed E-state index contributed by atoms with van der Waals surface area (Å²) in [7, 11) is 1.77. The molecular weight excluding hydrogens is 365 g/mol. The van der Waals surface area contributed by atoms with E-state index in [1.165, 1.54) is 0 Å². The van der Waals surface area contributed by atoms with Crippen LogP contribution in [0.4, 0.5) is 0 Å². The molecule has 0 saturated heterocycles. The van der Waals surface area contributed by atoms with E-state index in [1.807, 2.05) is 18.2 Å². The van der Waals surface area contributed by atoms with E-state index in [4.69, 9.17) is 0 Å². The predicted molar refractivity (Wildman–Crippen MR) is 95.6 cm³/mol. The molecule has 0 amide bonds. The summed E-state index contributed by atoms with van der Waals surface area (Å²) in [6.07, 6.45) is 1.79. The molecule has 20 heavy (non-hydrogen) atoms. The molecule has 0 aromatic carbocycles. The summed E-state index contributed by atoms with van der Waals surface area (Å²) < 4.78 is 0. The van der Waals surface area contributed by atoms with Crippen LogP contribution in [0.25, 0.3) is 0 Å². The molecule has 0 unspecified atom stereocenters. The lowest BCUT2D eigenvalue weighted by atomic mass is 10.1. The van der Waals surface area contributed by atoms with Gasteiger partial charge in [-0.15, -0.1) is 24.0 Å². The van der Waals surface area contributed by atoms with Crippen LogP contribution in [0.1, 0.15) is 26.5 Å². The molecule has 0 saturated carbocycles. The third-order valence-electron chi connectivity index (χ3n) is 2.46. The summed E-state index contributed by atoms with van der Waals surface area (Å²) >= 11 is 0. The van der Waals surface area contributed by atoms with Gasteiger partial charge in [-0.05, 0) is 32.9 Å². The minimum absolute atomic E-state index is 0. The van der Waals surface area contributed by atoms with E-state index < -0.39 is 0 Å². The van der Waals surface area contributed by atoms with Crippen molar-refractivity contribution in [3.05, 3.63) is 30.1 Å². The van der Waals surface area contributed by atoms with Gasteiger partial charge in [0.25, 0.3) is 0 Å². The van der Waals surface area contributed by atoms with E-state index in [0.717, 1.165) is 24.7 Å². The topological polar surface area (TPSA) is 61.3 Å². The van der Waals surface area contributed by atoms with Crippen molar-refractivity contribution >= 4 is 29.9 Å². The minimum atomic E-state index is 0. The summed E-state index contributed by atoms with van der Waals surface area (Å²) in [5, 5.41) is 9.91. The lowest BCUT2D eigenvalue weighted by Crippen LogP contribution is -2.44. The monoisotopic (exact) mass is 391 g/mol. The van der Waals surface area contributed by atoms with Crippen molar-refractivity contribution in [1.29, 1.82) is 0 Å². The summed E-state index contributed by atoms with van der Waals surface area (Å²) in [5.74, 6) is 0.793. The third kappa shape index (κ3) is 9.08. The molecule has 114 valence electrons. The zero-order chi connectivity index (χ0) is 14.1. The number of aromatic nitrogens is 1. The van der Waals surface area contributed by atoms with Gasteiger partial charge in [-0.3, -0.25) is 9.98 Å². The number of nitrogens with zero attached hydrogens (tertiary/aromatic N) is 2. The van der Waals surface area contributed by atoms with Crippen LogP contribution in [-0.2, 0) is 6.54 Å². The molecule has 0 spiro atoms. The lowest BCUT2D eigenvalue weighted by Gasteiger charge is -2.21. The highest BCUT2D eigenvalue weighted by atomic mass is 127. The number of aliphatic imine (C=N–C) groups is 1. The van der Waals surface area contributed by atoms with E-state index in [-0.39, 0.29) is 29.5 Å². The largest absolute Gasteiger partial charge is 0.355 e. The SMILES string of the molecule is CN=C(NCCNC(C)(C)C)NCc1ccccn1.I. The Morgan fingerprint density at radius 1 is 1.20 bits per heavy atom. The quantitative estimate of drug-likeness (QED) is 0.310. The maximum atomic E-state index is 4.26. The first-order valence-corrected chi connectivity index (χ1v) is 6.61. The Morgan fingerprint density at radius 3 is 2.50 bits per heavy atom. The van der Waals surface area contributed by atoms with Gasteiger partial charge < -0.3 is 16.0 Å². The molecule has 0 aliphatic heterocycles. The number of rotatable bonds is 5. The van der Waals surface area contributed by atoms with E-state index >= 15 is 0 Å². The zero-order valence-corrected chi connectivity index (χ0v) is 15.1. The van der Waals surface area contributed by atoms with E-state index in [2.05, 4.69) is 46.7 Å². The van der Waals surface area contributed by atoms with Gasteiger partial charge in [0.15, 0.2) is 5.96 Å². The fourth-order valence-corrected chi connectivity index (χ4v) is 1.52. The van der Waals surface area contributed by atoms with Crippen molar-refractivity contribution in [2.24, 2.45) is 4.99 Å². The maximum absolute atomic E-state index is 4.26. The van der Waals surface area contributed by atoms with Gasteiger partial charge in [0.2, 0.25) is 0 Å². The first kappa shape index (κ1) is 19.1. The second-order valence-electron chi connectivity index (χ2n) is 5.35. The fraction of sp³-hybridized carbons (Fsp3) is 0.571. The molecule has 0 bridgehead atoms. The molecule has 0 atom stereocenters. The maximum Gasteiger partial charge on any atom is 0.191 e. The first-order chi connectivity index (χ1) is 9.01. The summed E-state index contributed by atoms with van der Waals surface area (Å²) in [6.45, 7) is 8.86. The summed E-state index contributed by atoms with van der Waals surface area (Å²) in [6, 6.07) is 5.88. The molecule has 1 heterocycles. The molecule has 5 nitrogen and oxygen atoms in total. The van der Waals surface area contributed by atoms with Gasteiger partial charge in [0.05, 0.1) is 12.2 Å². The van der Waals surface area contributed by atoms with Gasteiger partial charge in [0.1, 0.15) is 0 Å². The van der Waals surface area contributed by atoms with E-state index in [1.54, 1.807) is 13.2 Å². The van der Waals surface area contributed by atoms with Crippen LogP contribution in [0, 0.1) is 0 Å². The van der Waals surface area contributed by atoms with Crippen LogP contribution in [0.3, 0.4) is 0 Å². The Labute approximate surface area is 139 Å². The van der Waals surface area contributed by atoms with Crippen LogP contribution in [0.2, 0.25) is 0 Å². The van der Waals surface area contributed by atoms with Crippen molar-refractivity contribution < 1.29 is 0 Å². The van der Waals surface area contributed by atoms with Gasteiger partial charge in [-0.1, -0.05) is 6.07 Å². The van der Waals surface area contributed by atoms with Gasteiger partial charge in [-0.25, -0.2) is 0 Å². The number of hydrogen-bond donors (Lipinski definition) is 3. The standard InChI is InChI=1S/C14H25N5.HI/c1-14(2,3)19-10-9-17-13(15-4)18-11-12-7-5-6-8-16-12;/h5-8,19H,9-11H2,1-4H3,(H2,15,17,18);1H. The second-order valence-corrected chi connectivity index (χ2v) is 5.35. The van der Waals surface area contributed by atoms with Crippen LogP contribution in [0.5, 0.6) is 0 Å².